The fourth-order valence-electron chi connectivity index (χ4n) is 11.2. The van der Waals surface area contributed by atoms with Gasteiger partial charge < -0.3 is 92.6 Å². The molecule has 0 radical (unpaired) electrons. The number of aliphatic hydroxyl groups is 5. The summed E-state index contributed by atoms with van der Waals surface area (Å²) in [5, 5.41) is 63.1. The molecule has 0 unspecified atom stereocenters. The molecule has 4 aliphatic heterocycles. The van der Waals surface area contributed by atoms with Crippen LogP contribution in [-0.2, 0) is 57.1 Å². The van der Waals surface area contributed by atoms with Gasteiger partial charge in [-0.05, 0) is 88.4 Å². The number of allylic oxidation sites excluding steroid dienone is 3. The highest BCUT2D eigenvalue weighted by atomic mass is 127. The fraction of sp³-hybridized carbons (Fsp3) is 0.672. The van der Waals surface area contributed by atoms with E-state index in [0.29, 0.717) is 15.7 Å². The van der Waals surface area contributed by atoms with Gasteiger partial charge in [-0.3, -0.25) is 24.5 Å². The van der Waals surface area contributed by atoms with Crippen molar-refractivity contribution in [3.8, 4) is 40.9 Å². The number of amides is 2. The minimum absolute atomic E-state index is 0.0181. The molecule has 91 heavy (non-hydrogen) atoms. The van der Waals surface area contributed by atoms with Gasteiger partial charge in [0.1, 0.15) is 36.6 Å². The SMILES string of the molecule is CCN[C@H]1CO[C@@H](O[C@H]2[C@H](O[C@H]3C#C/C=C/C#C[C@]4(O)CC(=O)C(NC(=O)OC)=C3/C4=C\CSSC(C)(C)CC(=O)N(C)C)O[C@H](C)[C@@H](NO[C@H]3C[C@H](O)[C@H](SC(=O)c4c(C)c(I)c(O[C@@H]5O[C@@H](C)[C@H](O)[C@@H](OC)[C@H]5O)c(OC)c4OC)[C@@H](C)O3)[C@@H]2O)C[C@@H]1OC. The van der Waals surface area contributed by atoms with Gasteiger partial charge in [0, 0.05) is 69.2 Å². The molecule has 26 nitrogen and oxygen atoms in total. The van der Waals surface area contributed by atoms with Gasteiger partial charge in [0.25, 0.3) is 0 Å². The Balaban J connectivity index is 1.13. The minimum Gasteiger partial charge on any atom is -0.492 e. The number of aliphatic hydroxyl groups excluding tert-OH is 4. The number of carbonyl (C=O) groups excluding carboxylic acids is 4. The summed E-state index contributed by atoms with van der Waals surface area (Å²) in [6.07, 6.45) is -14.1. The smallest absolute Gasteiger partial charge is 0.411 e. The maximum Gasteiger partial charge on any atom is 0.411 e. The Kier molecular flexibility index (Phi) is 27.2. The number of likely N-dealkylation sites (N-methyl/N-ethyl adjacent to an activating group) is 1. The zero-order valence-electron chi connectivity index (χ0n) is 53.3. The number of thioether (sulfide) groups is 1. The van der Waals surface area contributed by atoms with E-state index in [1.54, 1.807) is 55.0 Å². The highest BCUT2D eigenvalue weighted by molar-refractivity contribution is 14.1. The van der Waals surface area contributed by atoms with Crippen molar-refractivity contribution in [2.75, 3.05) is 68.5 Å². The second kappa shape index (κ2) is 33.2. The van der Waals surface area contributed by atoms with E-state index in [-0.39, 0.29) is 83.2 Å². The second-order valence-corrected chi connectivity index (χ2v) is 28.4. The maximum absolute atomic E-state index is 14.5. The molecule has 2 amide bonds. The molecule has 8 N–H and O–H groups in total. The molecule has 6 aliphatic rings. The van der Waals surface area contributed by atoms with Gasteiger partial charge in [0.2, 0.25) is 23.1 Å². The predicted octanol–water partition coefficient (Wildman–Crippen LogP) is 3.18. The first-order valence-corrected chi connectivity index (χ1v) is 33.8. The third-order valence-electron chi connectivity index (χ3n) is 16.0. The van der Waals surface area contributed by atoms with Crippen molar-refractivity contribution in [2.45, 2.75) is 194 Å². The lowest BCUT2D eigenvalue weighted by Crippen LogP contribution is -2.65. The average Bonchev–Trinajstić information content (AvgIpc) is 0.803. The summed E-state index contributed by atoms with van der Waals surface area (Å²) in [4.78, 5) is 62.2. The molecule has 4 saturated heterocycles. The van der Waals surface area contributed by atoms with Crippen LogP contribution in [-0.4, -0.2) is 242 Å². The Morgan fingerprint density at radius 1 is 0.879 bits per heavy atom. The third-order valence-corrected chi connectivity index (χ3v) is 21.8. The van der Waals surface area contributed by atoms with Crippen molar-refractivity contribution in [3.63, 3.8) is 0 Å². The third kappa shape index (κ3) is 17.8. The van der Waals surface area contributed by atoms with Crippen LogP contribution in [0.4, 0.5) is 4.79 Å². The number of fused-ring (bicyclic) bond motifs is 2. The number of benzene rings is 1. The number of carbonyl (C=O) groups is 4. The van der Waals surface area contributed by atoms with Gasteiger partial charge in [0.15, 0.2) is 41.8 Å². The molecular formula is C61H85IN4O22S3. The van der Waals surface area contributed by atoms with E-state index < -0.39 is 137 Å². The van der Waals surface area contributed by atoms with Gasteiger partial charge in [0.05, 0.1) is 97.0 Å². The highest BCUT2D eigenvalue weighted by Crippen LogP contribution is 2.49. The largest absolute Gasteiger partial charge is 0.492 e. The van der Waals surface area contributed by atoms with Crippen molar-refractivity contribution in [1.29, 1.82) is 0 Å². The number of halogens is 1. The molecule has 506 valence electrons. The lowest BCUT2D eigenvalue weighted by atomic mass is 9.75. The quantitative estimate of drug-likeness (QED) is 0.0242. The highest BCUT2D eigenvalue weighted by Gasteiger charge is 2.52. The Morgan fingerprint density at radius 2 is 1.58 bits per heavy atom. The van der Waals surface area contributed by atoms with E-state index in [0.717, 1.165) is 18.9 Å². The van der Waals surface area contributed by atoms with E-state index in [2.05, 4.69) is 39.8 Å². The van der Waals surface area contributed by atoms with E-state index >= 15 is 0 Å². The van der Waals surface area contributed by atoms with Crippen molar-refractivity contribution in [1.82, 2.24) is 21.0 Å². The summed E-state index contributed by atoms with van der Waals surface area (Å²) in [7, 11) is 13.0. The van der Waals surface area contributed by atoms with Crippen molar-refractivity contribution in [3.05, 3.63) is 49.8 Å². The van der Waals surface area contributed by atoms with Crippen LogP contribution >= 0.6 is 55.9 Å². The number of nitrogens with zero attached hydrogens (tertiary/aromatic N) is 1. The maximum atomic E-state index is 14.5. The topological polar surface area (TPSA) is 329 Å². The number of methoxy groups -OCH3 is 5. The van der Waals surface area contributed by atoms with E-state index in [4.69, 9.17) is 61.7 Å². The number of nitrogens with one attached hydrogen (secondary N) is 3. The lowest BCUT2D eigenvalue weighted by Gasteiger charge is -2.46. The van der Waals surface area contributed by atoms with Gasteiger partial charge >= 0.3 is 6.09 Å². The Hall–Kier alpha value is -3.82. The first-order valence-electron chi connectivity index (χ1n) is 29.5. The molecule has 0 aromatic heterocycles. The molecule has 4 fully saturated rings. The van der Waals surface area contributed by atoms with Crippen LogP contribution in [0, 0.1) is 34.2 Å². The number of ketones is 1. The molecular weight excluding hydrogens is 1360 g/mol. The van der Waals surface area contributed by atoms with Crippen LogP contribution in [0.5, 0.6) is 17.2 Å². The molecule has 4 heterocycles. The number of Topliss-reactive ketones (excluding diaryl/α,β-unsaturated/α-hetero) is 1. The molecule has 0 saturated carbocycles. The molecule has 0 spiro atoms. The van der Waals surface area contributed by atoms with Crippen LogP contribution in [0.15, 0.2) is 35.1 Å². The molecule has 1 aromatic rings. The normalized spacial score (nSPS) is 34.2. The number of alkyl carbamates (subject to hydrolysis) is 1. The summed E-state index contributed by atoms with van der Waals surface area (Å²) >= 11 is 2.81. The number of rotatable bonds is 24. The van der Waals surface area contributed by atoms with Crippen LogP contribution in [0.3, 0.4) is 0 Å². The zero-order chi connectivity index (χ0) is 66.8. The van der Waals surface area contributed by atoms with Crippen molar-refractivity contribution >= 4 is 78.8 Å². The van der Waals surface area contributed by atoms with Gasteiger partial charge in [-0.25, -0.2) is 4.79 Å². The van der Waals surface area contributed by atoms with Gasteiger partial charge in [-0.15, -0.1) is 0 Å². The Bertz CT molecular complexity index is 2980. The zero-order valence-corrected chi connectivity index (χ0v) is 57.9. The van der Waals surface area contributed by atoms with Gasteiger partial charge in [-0.2, -0.15) is 5.48 Å². The van der Waals surface area contributed by atoms with Crippen LogP contribution in [0.2, 0.25) is 0 Å². The fourth-order valence-corrected chi connectivity index (χ4v) is 15.3. The number of hydrogen-bond acceptors (Lipinski definition) is 27. The van der Waals surface area contributed by atoms with Crippen molar-refractivity contribution < 1.29 is 106 Å². The molecule has 19 atom stereocenters. The molecule has 2 aliphatic carbocycles. The predicted molar refractivity (Wildman–Crippen MR) is 344 cm³/mol. The first-order chi connectivity index (χ1) is 43.2. The molecule has 30 heteroatoms. The van der Waals surface area contributed by atoms with E-state index in [1.165, 1.54) is 60.0 Å². The van der Waals surface area contributed by atoms with Crippen molar-refractivity contribution in [2.24, 2.45) is 0 Å². The van der Waals surface area contributed by atoms with Gasteiger partial charge in [-0.1, -0.05) is 70.0 Å². The number of ether oxygens (including phenoxy) is 12. The number of hydrogen-bond donors (Lipinski definition) is 8. The second-order valence-electron chi connectivity index (χ2n) is 23.1. The molecule has 2 bridgehead atoms. The molecule has 1 aromatic carbocycles. The average molecular weight is 1450 g/mol. The van der Waals surface area contributed by atoms with Crippen LogP contribution in [0.1, 0.15) is 83.1 Å². The Labute approximate surface area is 556 Å². The van der Waals surface area contributed by atoms with Crippen LogP contribution < -0.4 is 30.3 Å². The Morgan fingerprint density at radius 3 is 2.23 bits per heavy atom. The first kappa shape index (κ1) is 74.6. The van der Waals surface area contributed by atoms with E-state index in [9.17, 15) is 44.7 Å². The number of hydroxylamine groups is 1. The lowest BCUT2D eigenvalue weighted by molar-refractivity contribution is -0.336. The molecule has 7 rings (SSSR count). The van der Waals surface area contributed by atoms with Crippen LogP contribution in [0.25, 0.3) is 0 Å². The van der Waals surface area contributed by atoms with E-state index in [1.807, 2.05) is 43.4 Å². The summed E-state index contributed by atoms with van der Waals surface area (Å²) in [6.45, 7) is 13.2. The monoisotopic (exact) mass is 1450 g/mol. The summed E-state index contributed by atoms with van der Waals surface area (Å²) in [6, 6.07) is -1.32. The standard InChI is InChI=1S/C61H85IN4O22S3/c1-15-63-34-28-81-40(25-38(34)76-10)86-53-48(71)45(65-88-41-24-35(67)55(32(5)82-41)90-56(73)42-29(2)44(62)51(54(79-13)50(42)77-11)87-57-49(72)52(78-12)47(70)31(4)84-57)30(3)83-58(53)85-37-20-18-16-17-19-22-61(75)26-36(68)46(64-59(74)80-14)43(37)33(61)21-23-89-91-60(6,7)27-39(69)66(8)9/h16-17,21,30-32,34-35,37-38,40-41,45,47-49,52-53,55,57-58,63,65,67,70-72,75H,15,23-28H2,1-14H3,(H,64,74)/b17-16+,33-21+/t30-,31+,32-,34+,35+,37+,38+,40+,41+,45-,47+,48+,49-,52-,53-,55-,57+,58+,61+/m1/s1. The minimum atomic E-state index is -2.14. The summed E-state index contributed by atoms with van der Waals surface area (Å²) in [5.41, 5.74) is 1.03. The summed E-state index contributed by atoms with van der Waals surface area (Å²) in [5.74, 6) is 11.1. The summed E-state index contributed by atoms with van der Waals surface area (Å²) < 4.78 is 72.3.